The van der Waals surface area contributed by atoms with E-state index in [1.54, 1.807) is 7.11 Å². The Morgan fingerprint density at radius 2 is 2.08 bits per heavy atom. The maximum absolute atomic E-state index is 5.58. The van der Waals surface area contributed by atoms with E-state index in [2.05, 4.69) is 57.1 Å². The largest absolute Gasteiger partial charge is 0.496 e. The van der Waals surface area contributed by atoms with Crippen molar-refractivity contribution < 1.29 is 4.74 Å². The lowest BCUT2D eigenvalue weighted by Gasteiger charge is -2.30. The molecule has 1 aliphatic carbocycles. The van der Waals surface area contributed by atoms with Crippen LogP contribution in [-0.2, 0) is 12.8 Å². The third kappa shape index (κ3) is 3.60. The van der Waals surface area contributed by atoms with Crippen molar-refractivity contribution in [1.82, 2.24) is 13.6 Å². The maximum Gasteiger partial charge on any atom is 0.122 e. The second-order valence-electron chi connectivity index (χ2n) is 7.22. The van der Waals surface area contributed by atoms with Gasteiger partial charge in [-0.25, -0.2) is 0 Å². The quantitative estimate of drug-likeness (QED) is 0.651. The first-order chi connectivity index (χ1) is 12.7. The molecule has 0 amide bonds. The minimum absolute atomic E-state index is 0.601. The number of benzene rings is 2. The van der Waals surface area contributed by atoms with Crippen LogP contribution in [0.2, 0.25) is 0 Å². The summed E-state index contributed by atoms with van der Waals surface area (Å²) in [5.74, 6) is 1.66. The highest BCUT2D eigenvalue weighted by atomic mass is 32.1. The Hall–Kier alpha value is -1.98. The minimum Gasteiger partial charge on any atom is -0.496 e. The van der Waals surface area contributed by atoms with Gasteiger partial charge in [-0.2, -0.15) is 8.75 Å². The van der Waals surface area contributed by atoms with Crippen LogP contribution in [0.1, 0.15) is 35.4 Å². The number of aromatic nitrogens is 2. The Morgan fingerprint density at radius 1 is 1.19 bits per heavy atom. The lowest BCUT2D eigenvalue weighted by Crippen LogP contribution is -2.28. The summed E-state index contributed by atoms with van der Waals surface area (Å²) < 4.78 is 14.2. The Morgan fingerprint density at radius 3 is 2.96 bits per heavy atom. The second kappa shape index (κ2) is 7.72. The Bertz CT molecular complexity index is 892. The van der Waals surface area contributed by atoms with Gasteiger partial charge in [0.25, 0.3) is 0 Å². The Labute approximate surface area is 159 Å². The summed E-state index contributed by atoms with van der Waals surface area (Å²) in [5, 5.41) is 0. The molecule has 0 saturated carbocycles. The van der Waals surface area contributed by atoms with Gasteiger partial charge in [0.2, 0.25) is 0 Å². The molecule has 0 saturated heterocycles. The molecule has 0 N–H and O–H groups in total. The molecule has 4 rings (SSSR count). The number of ether oxygens (including phenoxy) is 1. The number of nitrogens with zero attached hydrogens (tertiary/aromatic N) is 3. The molecule has 0 radical (unpaired) electrons. The topological polar surface area (TPSA) is 38.2 Å². The lowest BCUT2D eigenvalue weighted by molar-refractivity contribution is 0.299. The zero-order chi connectivity index (χ0) is 17.9. The van der Waals surface area contributed by atoms with Crippen molar-refractivity contribution in [2.24, 2.45) is 0 Å². The third-order valence-electron chi connectivity index (χ3n) is 5.44. The van der Waals surface area contributed by atoms with Crippen molar-refractivity contribution >= 4 is 22.8 Å². The van der Waals surface area contributed by atoms with Crippen LogP contribution in [0.25, 0.3) is 11.0 Å². The molecular formula is C21H25N3OS. The van der Waals surface area contributed by atoms with E-state index in [0.29, 0.717) is 5.92 Å². The molecule has 3 aromatic rings. The normalized spacial score (nSPS) is 16.8. The number of methoxy groups -OCH3 is 1. The van der Waals surface area contributed by atoms with Crippen molar-refractivity contribution in [3.63, 3.8) is 0 Å². The van der Waals surface area contributed by atoms with Crippen molar-refractivity contribution in [2.45, 2.75) is 31.6 Å². The summed E-state index contributed by atoms with van der Waals surface area (Å²) in [4.78, 5) is 2.46. The van der Waals surface area contributed by atoms with Gasteiger partial charge in [-0.15, -0.1) is 0 Å². The van der Waals surface area contributed by atoms with Gasteiger partial charge < -0.3 is 9.64 Å². The van der Waals surface area contributed by atoms with E-state index in [4.69, 9.17) is 4.74 Å². The van der Waals surface area contributed by atoms with Gasteiger partial charge >= 0.3 is 0 Å². The first kappa shape index (κ1) is 17.4. The fourth-order valence-corrected chi connectivity index (χ4v) is 4.58. The molecular weight excluding hydrogens is 342 g/mol. The van der Waals surface area contributed by atoms with E-state index >= 15 is 0 Å². The van der Waals surface area contributed by atoms with Gasteiger partial charge in [-0.1, -0.05) is 18.2 Å². The Balaban J connectivity index is 1.40. The smallest absolute Gasteiger partial charge is 0.122 e. The van der Waals surface area contributed by atoms with Crippen LogP contribution in [0.3, 0.4) is 0 Å². The molecule has 1 heterocycles. The number of fused-ring (bicyclic) bond motifs is 2. The highest BCUT2D eigenvalue weighted by molar-refractivity contribution is 7.00. The first-order valence-electron chi connectivity index (χ1n) is 9.30. The van der Waals surface area contributed by atoms with Crippen LogP contribution < -0.4 is 4.74 Å². The van der Waals surface area contributed by atoms with Gasteiger partial charge in [0.1, 0.15) is 16.8 Å². The van der Waals surface area contributed by atoms with Crippen LogP contribution in [0, 0.1) is 0 Å². The molecule has 1 unspecified atom stereocenters. The number of likely N-dealkylation sites (N-methyl/N-ethyl adjacent to an activating group) is 1. The van der Waals surface area contributed by atoms with E-state index in [1.165, 1.54) is 41.3 Å². The zero-order valence-corrected chi connectivity index (χ0v) is 16.3. The first-order valence-corrected chi connectivity index (χ1v) is 10.0. The molecule has 1 aliphatic rings. The SMILES string of the molecule is COc1cccc2c1CCCC2CN(C)CCc1ccc2nsnc2c1. The number of hydrogen-bond donors (Lipinski definition) is 0. The maximum atomic E-state index is 5.58. The highest BCUT2D eigenvalue weighted by Gasteiger charge is 2.23. The number of hydrogen-bond acceptors (Lipinski definition) is 5. The molecule has 0 fully saturated rings. The lowest BCUT2D eigenvalue weighted by atomic mass is 9.82. The van der Waals surface area contributed by atoms with Crippen molar-refractivity contribution in [3.05, 3.63) is 53.1 Å². The van der Waals surface area contributed by atoms with E-state index in [0.717, 1.165) is 42.7 Å². The predicted molar refractivity (Wildman–Crippen MR) is 107 cm³/mol. The zero-order valence-electron chi connectivity index (χ0n) is 15.4. The summed E-state index contributed by atoms with van der Waals surface area (Å²) in [6, 6.07) is 12.9. The van der Waals surface area contributed by atoms with Gasteiger partial charge in [-0.3, -0.25) is 0 Å². The summed E-state index contributed by atoms with van der Waals surface area (Å²) in [6.07, 6.45) is 4.70. The third-order valence-corrected chi connectivity index (χ3v) is 6.00. The Kier molecular flexibility index (Phi) is 5.18. The molecule has 1 atom stereocenters. The fraction of sp³-hybridized carbons (Fsp3) is 0.429. The molecule has 4 nitrogen and oxygen atoms in total. The van der Waals surface area contributed by atoms with E-state index < -0.39 is 0 Å². The monoisotopic (exact) mass is 367 g/mol. The van der Waals surface area contributed by atoms with Crippen LogP contribution in [0.4, 0.5) is 0 Å². The average molecular weight is 368 g/mol. The van der Waals surface area contributed by atoms with Crippen LogP contribution >= 0.6 is 11.7 Å². The van der Waals surface area contributed by atoms with Gasteiger partial charge in [0, 0.05) is 13.1 Å². The van der Waals surface area contributed by atoms with E-state index in [1.807, 2.05) is 0 Å². The molecule has 2 aromatic carbocycles. The van der Waals surface area contributed by atoms with Crippen molar-refractivity contribution in [1.29, 1.82) is 0 Å². The molecule has 1 aromatic heterocycles. The average Bonchev–Trinajstić information content (AvgIpc) is 3.14. The van der Waals surface area contributed by atoms with Crippen molar-refractivity contribution in [2.75, 3.05) is 27.2 Å². The molecule has 0 bridgehead atoms. The van der Waals surface area contributed by atoms with Gasteiger partial charge in [-0.05, 0) is 73.5 Å². The predicted octanol–water partition coefficient (Wildman–Crippen LogP) is 4.29. The van der Waals surface area contributed by atoms with Crippen LogP contribution in [0.15, 0.2) is 36.4 Å². The summed E-state index contributed by atoms with van der Waals surface area (Å²) in [5.41, 5.74) is 6.25. The molecule has 5 heteroatoms. The van der Waals surface area contributed by atoms with Gasteiger partial charge in [0.15, 0.2) is 0 Å². The highest BCUT2D eigenvalue weighted by Crippen LogP contribution is 2.36. The fourth-order valence-electron chi connectivity index (χ4n) is 4.06. The van der Waals surface area contributed by atoms with E-state index in [-0.39, 0.29) is 0 Å². The summed E-state index contributed by atoms with van der Waals surface area (Å²) in [7, 11) is 4.01. The summed E-state index contributed by atoms with van der Waals surface area (Å²) >= 11 is 1.29. The molecule has 0 spiro atoms. The molecule has 26 heavy (non-hydrogen) atoms. The number of rotatable bonds is 6. The summed E-state index contributed by atoms with van der Waals surface area (Å²) in [6.45, 7) is 2.15. The minimum atomic E-state index is 0.601. The van der Waals surface area contributed by atoms with Crippen molar-refractivity contribution in [3.8, 4) is 5.75 Å². The van der Waals surface area contributed by atoms with Crippen LogP contribution in [0.5, 0.6) is 5.75 Å². The molecule has 0 aliphatic heterocycles. The second-order valence-corrected chi connectivity index (χ2v) is 7.75. The van der Waals surface area contributed by atoms with Crippen LogP contribution in [-0.4, -0.2) is 40.9 Å². The standard InChI is InChI=1S/C21H25N3OS/c1-24(12-11-15-9-10-19-20(13-15)23-26-22-19)14-16-5-3-7-18-17(16)6-4-8-21(18)25-2/h4,6,8-10,13,16H,3,5,7,11-12,14H2,1-2H3. The van der Waals surface area contributed by atoms with E-state index in [9.17, 15) is 0 Å². The van der Waals surface area contributed by atoms with Gasteiger partial charge in [0.05, 0.1) is 18.8 Å². The molecule has 136 valence electrons.